The first kappa shape index (κ1) is 19.6. The molecular weight excluding hydrogens is 385 g/mol. The van der Waals surface area contributed by atoms with E-state index >= 15 is 0 Å². The van der Waals surface area contributed by atoms with Crippen molar-refractivity contribution < 1.29 is 17.9 Å². The maximum atomic E-state index is 12.5. The van der Waals surface area contributed by atoms with Gasteiger partial charge in [0.05, 0.1) is 15.6 Å². The van der Waals surface area contributed by atoms with Gasteiger partial charge in [0.2, 0.25) is 0 Å². The Morgan fingerprint density at radius 1 is 1.08 bits per heavy atom. The van der Waals surface area contributed by atoms with Gasteiger partial charge in [0, 0.05) is 11.3 Å². The third-order valence-electron chi connectivity index (χ3n) is 3.35. The predicted molar refractivity (Wildman–Crippen MR) is 99.4 cm³/mol. The number of ether oxygens (including phenoxy) is 1. The van der Waals surface area contributed by atoms with Crippen molar-refractivity contribution in [2.75, 3.05) is 11.6 Å². The van der Waals surface area contributed by atoms with Crippen molar-refractivity contribution in [3.05, 3.63) is 52.5 Å². The third-order valence-corrected chi connectivity index (χ3v) is 5.04. The monoisotopic (exact) mass is 401 g/mol. The minimum atomic E-state index is -3.42. The quantitative estimate of drug-likeness (QED) is 0.814. The molecule has 2 aromatic carbocycles. The molecule has 0 atom stereocenters. The Bertz CT molecular complexity index is 893. The molecule has 8 heteroatoms. The van der Waals surface area contributed by atoms with Gasteiger partial charge in [-0.1, -0.05) is 23.2 Å². The van der Waals surface area contributed by atoms with E-state index in [1.54, 1.807) is 38.1 Å². The zero-order valence-electron chi connectivity index (χ0n) is 13.8. The Labute approximate surface area is 156 Å². The largest absolute Gasteiger partial charge is 0.478 e. The lowest BCUT2D eigenvalue weighted by Crippen LogP contribution is -2.42. The number of hydrogen-bond donors (Lipinski definition) is 1. The Kier molecular flexibility index (Phi) is 5.66. The molecular formula is C17H17Cl2NO4S. The SMILES string of the molecule is CC(C)(Oc1ccc(Cl)cc1)C(=O)Nc1cc(S(C)(=O)=O)ccc1Cl. The summed E-state index contributed by atoms with van der Waals surface area (Å²) in [5.41, 5.74) is -1.03. The molecule has 0 aliphatic rings. The molecule has 1 N–H and O–H groups in total. The standard InChI is InChI=1S/C17H17Cl2NO4S/c1-17(2,24-12-6-4-11(18)5-7-12)16(21)20-15-10-13(25(3,22)23)8-9-14(15)19/h4-10H,1-3H3,(H,20,21). The number of carbonyl (C=O) groups excluding carboxylic acids is 1. The van der Waals surface area contributed by atoms with Gasteiger partial charge in [0.1, 0.15) is 5.75 Å². The van der Waals surface area contributed by atoms with E-state index in [9.17, 15) is 13.2 Å². The highest BCUT2D eigenvalue weighted by Crippen LogP contribution is 2.27. The molecule has 0 aliphatic heterocycles. The van der Waals surface area contributed by atoms with Gasteiger partial charge in [-0.25, -0.2) is 8.42 Å². The second-order valence-corrected chi connectivity index (χ2v) is 8.79. The summed E-state index contributed by atoms with van der Waals surface area (Å²) in [6.07, 6.45) is 1.08. The van der Waals surface area contributed by atoms with Gasteiger partial charge in [-0.05, 0) is 56.3 Å². The number of sulfone groups is 1. The molecule has 0 aliphatic carbocycles. The smallest absolute Gasteiger partial charge is 0.268 e. The molecule has 0 fully saturated rings. The molecule has 0 saturated carbocycles. The second-order valence-electron chi connectivity index (χ2n) is 5.93. The summed E-state index contributed by atoms with van der Waals surface area (Å²) in [7, 11) is -3.42. The number of anilines is 1. The van der Waals surface area contributed by atoms with Crippen LogP contribution in [0, 0.1) is 0 Å². The minimum absolute atomic E-state index is 0.0589. The zero-order valence-corrected chi connectivity index (χ0v) is 16.2. The van der Waals surface area contributed by atoms with Crippen LogP contribution in [0.5, 0.6) is 5.75 Å². The van der Waals surface area contributed by atoms with Gasteiger partial charge in [0.15, 0.2) is 15.4 Å². The second kappa shape index (κ2) is 7.23. The van der Waals surface area contributed by atoms with Gasteiger partial charge in [-0.3, -0.25) is 4.79 Å². The predicted octanol–water partition coefficient (Wildman–Crippen LogP) is 4.19. The number of halogens is 2. The van der Waals surface area contributed by atoms with Crippen LogP contribution in [0.3, 0.4) is 0 Å². The Morgan fingerprint density at radius 3 is 2.24 bits per heavy atom. The van der Waals surface area contributed by atoms with Crippen molar-refractivity contribution >= 4 is 44.6 Å². The van der Waals surface area contributed by atoms with E-state index < -0.39 is 21.3 Å². The van der Waals surface area contributed by atoms with E-state index in [0.717, 1.165) is 6.26 Å². The van der Waals surface area contributed by atoms with Crippen LogP contribution in [0.4, 0.5) is 5.69 Å². The van der Waals surface area contributed by atoms with Gasteiger partial charge < -0.3 is 10.1 Å². The first-order valence-electron chi connectivity index (χ1n) is 7.25. The van der Waals surface area contributed by atoms with Crippen molar-refractivity contribution in [1.29, 1.82) is 0 Å². The van der Waals surface area contributed by atoms with Gasteiger partial charge >= 0.3 is 0 Å². The lowest BCUT2D eigenvalue weighted by atomic mass is 10.1. The molecule has 0 heterocycles. The first-order valence-corrected chi connectivity index (χ1v) is 9.89. The summed E-state index contributed by atoms with van der Waals surface area (Å²) in [5.74, 6) is -0.00413. The average Bonchev–Trinajstić information content (AvgIpc) is 2.50. The van der Waals surface area contributed by atoms with Gasteiger partial charge in [0.25, 0.3) is 5.91 Å². The van der Waals surface area contributed by atoms with Crippen molar-refractivity contribution in [3.63, 3.8) is 0 Å². The summed E-state index contributed by atoms with van der Waals surface area (Å²) < 4.78 is 29.0. The molecule has 0 saturated heterocycles. The fourth-order valence-electron chi connectivity index (χ4n) is 1.95. The van der Waals surface area contributed by atoms with Crippen LogP contribution in [0.25, 0.3) is 0 Å². The molecule has 5 nitrogen and oxygen atoms in total. The van der Waals surface area contributed by atoms with Crippen LogP contribution >= 0.6 is 23.2 Å². The topological polar surface area (TPSA) is 72.5 Å². The summed E-state index contributed by atoms with van der Waals surface area (Å²) in [4.78, 5) is 12.6. The lowest BCUT2D eigenvalue weighted by Gasteiger charge is -2.25. The summed E-state index contributed by atoms with van der Waals surface area (Å²) >= 11 is 11.9. The van der Waals surface area contributed by atoms with Crippen LogP contribution in [0.15, 0.2) is 47.4 Å². The molecule has 1 amide bonds. The first-order chi connectivity index (χ1) is 11.5. The van der Waals surface area contributed by atoms with Crippen LogP contribution in [0.1, 0.15) is 13.8 Å². The number of hydrogen-bond acceptors (Lipinski definition) is 4. The normalized spacial score (nSPS) is 11.9. The third kappa shape index (κ3) is 5.11. The van der Waals surface area contributed by atoms with Crippen molar-refractivity contribution in [2.45, 2.75) is 24.3 Å². The molecule has 0 spiro atoms. The van der Waals surface area contributed by atoms with Crippen molar-refractivity contribution in [2.24, 2.45) is 0 Å². The van der Waals surface area contributed by atoms with E-state index in [4.69, 9.17) is 27.9 Å². The number of carbonyl (C=O) groups is 1. The minimum Gasteiger partial charge on any atom is -0.478 e. The Morgan fingerprint density at radius 2 is 1.68 bits per heavy atom. The highest BCUT2D eigenvalue weighted by Gasteiger charge is 2.30. The van der Waals surface area contributed by atoms with Gasteiger partial charge in [-0.15, -0.1) is 0 Å². The summed E-state index contributed by atoms with van der Waals surface area (Å²) in [5, 5.41) is 3.39. The highest BCUT2D eigenvalue weighted by atomic mass is 35.5. The fourth-order valence-corrected chi connectivity index (χ4v) is 2.89. The number of benzene rings is 2. The van der Waals surface area contributed by atoms with Gasteiger partial charge in [-0.2, -0.15) is 0 Å². The van der Waals surface area contributed by atoms with Crippen molar-refractivity contribution in [3.8, 4) is 5.75 Å². The Hall–Kier alpha value is -1.76. The van der Waals surface area contributed by atoms with Crippen LogP contribution in [-0.4, -0.2) is 26.2 Å². The van der Waals surface area contributed by atoms with Crippen molar-refractivity contribution in [1.82, 2.24) is 0 Å². The molecule has 2 rings (SSSR count). The lowest BCUT2D eigenvalue weighted by molar-refractivity contribution is -0.128. The van der Waals surface area contributed by atoms with Crippen LogP contribution in [0.2, 0.25) is 10.0 Å². The number of nitrogens with one attached hydrogen (secondary N) is 1. The van der Waals surface area contributed by atoms with E-state index in [-0.39, 0.29) is 15.6 Å². The maximum Gasteiger partial charge on any atom is 0.268 e. The number of amides is 1. The molecule has 25 heavy (non-hydrogen) atoms. The Balaban J connectivity index is 2.21. The van der Waals surface area contributed by atoms with E-state index in [2.05, 4.69) is 5.32 Å². The summed E-state index contributed by atoms with van der Waals surface area (Å²) in [6, 6.07) is 10.7. The molecule has 0 aromatic heterocycles. The van der Waals surface area contributed by atoms with Crippen LogP contribution in [-0.2, 0) is 14.6 Å². The molecule has 2 aromatic rings. The van der Waals surface area contributed by atoms with E-state index in [1.165, 1.54) is 18.2 Å². The van der Waals surface area contributed by atoms with E-state index in [0.29, 0.717) is 10.8 Å². The molecule has 0 bridgehead atoms. The zero-order chi connectivity index (χ0) is 18.8. The molecule has 0 unspecified atom stereocenters. The fraction of sp³-hybridized carbons (Fsp3) is 0.235. The molecule has 134 valence electrons. The van der Waals surface area contributed by atoms with Crippen LogP contribution < -0.4 is 10.1 Å². The maximum absolute atomic E-state index is 12.5. The van der Waals surface area contributed by atoms with E-state index in [1.807, 2.05) is 0 Å². The highest BCUT2D eigenvalue weighted by molar-refractivity contribution is 7.90. The summed E-state index contributed by atoms with van der Waals surface area (Å²) in [6.45, 7) is 3.18. The average molecular weight is 402 g/mol. The molecule has 0 radical (unpaired) electrons. The number of rotatable bonds is 5.